The normalized spacial score (nSPS) is 26.9. The summed E-state index contributed by atoms with van der Waals surface area (Å²) in [5.74, 6) is 0.895. The fraction of sp³-hybridized carbons (Fsp3) is 0.458. The first kappa shape index (κ1) is 18.3. The van der Waals surface area contributed by atoms with Gasteiger partial charge in [-0.25, -0.2) is 0 Å². The zero-order chi connectivity index (χ0) is 19.8. The first-order valence-electron chi connectivity index (χ1n) is 10.7. The van der Waals surface area contributed by atoms with Crippen molar-refractivity contribution in [3.05, 3.63) is 66.0 Å². The van der Waals surface area contributed by atoms with Gasteiger partial charge in [0, 0.05) is 49.4 Å². The Bertz CT molecular complexity index is 897. The van der Waals surface area contributed by atoms with E-state index in [1.165, 1.54) is 18.4 Å². The lowest BCUT2D eigenvalue weighted by Gasteiger charge is -2.36. The maximum Gasteiger partial charge on any atom is 0.254 e. The summed E-state index contributed by atoms with van der Waals surface area (Å²) in [6.45, 7) is 2.36. The van der Waals surface area contributed by atoms with Crippen LogP contribution in [0.15, 0.2) is 54.9 Å². The smallest absolute Gasteiger partial charge is 0.254 e. The molecule has 1 aromatic carbocycles. The molecule has 1 saturated carbocycles. The molecule has 0 N–H and O–H groups in total. The van der Waals surface area contributed by atoms with Crippen molar-refractivity contribution in [2.45, 2.75) is 43.6 Å². The van der Waals surface area contributed by atoms with Gasteiger partial charge in [0.25, 0.3) is 5.91 Å². The molecular formula is C24H27N3O2. The van der Waals surface area contributed by atoms with E-state index in [0.29, 0.717) is 24.4 Å². The number of pyridine rings is 1. The molecule has 0 radical (unpaired) electrons. The summed E-state index contributed by atoms with van der Waals surface area (Å²) in [5, 5.41) is 0. The highest BCUT2D eigenvalue weighted by molar-refractivity contribution is 5.95. The van der Waals surface area contributed by atoms with Crippen molar-refractivity contribution < 1.29 is 9.59 Å². The highest BCUT2D eigenvalue weighted by Gasteiger charge is 2.52. The number of aromatic nitrogens is 1. The molecule has 150 valence electrons. The van der Waals surface area contributed by atoms with Gasteiger partial charge < -0.3 is 9.80 Å². The van der Waals surface area contributed by atoms with Crippen molar-refractivity contribution in [1.82, 2.24) is 14.8 Å². The first-order valence-corrected chi connectivity index (χ1v) is 10.7. The van der Waals surface area contributed by atoms with Crippen LogP contribution < -0.4 is 0 Å². The highest BCUT2D eigenvalue weighted by atomic mass is 16.2. The number of fused-ring (bicyclic) bond motifs is 1. The Kier molecular flexibility index (Phi) is 4.61. The van der Waals surface area contributed by atoms with E-state index in [0.717, 1.165) is 25.9 Å². The number of nitrogens with zero attached hydrogens (tertiary/aromatic N) is 3. The number of carbonyl (C=O) groups is 2. The van der Waals surface area contributed by atoms with Crippen LogP contribution in [0.4, 0.5) is 0 Å². The van der Waals surface area contributed by atoms with Gasteiger partial charge in [-0.1, -0.05) is 30.3 Å². The number of likely N-dealkylation sites (tertiary alicyclic amines) is 2. The number of hydrogen-bond acceptors (Lipinski definition) is 3. The summed E-state index contributed by atoms with van der Waals surface area (Å²) in [5.41, 5.74) is 1.75. The minimum atomic E-state index is -0.155. The Hall–Kier alpha value is -2.69. The summed E-state index contributed by atoms with van der Waals surface area (Å²) in [6.07, 6.45) is 8.03. The van der Waals surface area contributed by atoms with Crippen molar-refractivity contribution >= 4 is 11.8 Å². The molecule has 0 unspecified atom stereocenters. The molecule has 5 rings (SSSR count). The van der Waals surface area contributed by atoms with Gasteiger partial charge in [-0.15, -0.1) is 0 Å². The molecule has 5 nitrogen and oxygen atoms in total. The minimum absolute atomic E-state index is 0.0126. The van der Waals surface area contributed by atoms with E-state index >= 15 is 0 Å². The first-order chi connectivity index (χ1) is 14.2. The predicted molar refractivity (Wildman–Crippen MR) is 110 cm³/mol. The van der Waals surface area contributed by atoms with Crippen LogP contribution in [0.2, 0.25) is 0 Å². The molecule has 2 saturated heterocycles. The lowest BCUT2D eigenvalue weighted by molar-refractivity contribution is -0.131. The Morgan fingerprint density at radius 3 is 2.48 bits per heavy atom. The maximum atomic E-state index is 13.3. The number of rotatable bonds is 4. The van der Waals surface area contributed by atoms with Gasteiger partial charge in [0.1, 0.15) is 0 Å². The molecule has 3 aliphatic rings. The van der Waals surface area contributed by atoms with E-state index in [1.54, 1.807) is 24.5 Å². The van der Waals surface area contributed by atoms with E-state index in [9.17, 15) is 9.59 Å². The maximum absolute atomic E-state index is 13.3. The molecule has 0 spiro atoms. The third kappa shape index (κ3) is 3.33. The van der Waals surface area contributed by atoms with Crippen LogP contribution in [0, 0.1) is 5.92 Å². The standard InChI is InChI=1S/C24H27N3O2/c28-22-16-21-24(20-4-2-1-3-5-20,10-14-26(22)17-18-6-7-18)11-15-27(21)23(29)19-8-12-25-13-9-19/h1-5,8-9,12-13,18,21H,6-7,10-11,14-17H2/t21-,24-/m1/s1. The molecule has 5 heteroatoms. The van der Waals surface area contributed by atoms with E-state index in [1.807, 2.05) is 11.0 Å². The Balaban J connectivity index is 1.50. The quantitative estimate of drug-likeness (QED) is 0.807. The van der Waals surface area contributed by atoms with Crippen LogP contribution in [0.25, 0.3) is 0 Å². The second kappa shape index (κ2) is 7.29. The fourth-order valence-corrected chi connectivity index (χ4v) is 5.25. The summed E-state index contributed by atoms with van der Waals surface area (Å²) in [4.78, 5) is 34.6. The van der Waals surface area contributed by atoms with Crippen LogP contribution in [-0.2, 0) is 10.2 Å². The van der Waals surface area contributed by atoms with Crippen molar-refractivity contribution in [3.8, 4) is 0 Å². The molecule has 3 fully saturated rings. The Morgan fingerprint density at radius 2 is 1.76 bits per heavy atom. The van der Waals surface area contributed by atoms with Crippen molar-refractivity contribution in [2.24, 2.45) is 5.92 Å². The van der Waals surface area contributed by atoms with Crippen molar-refractivity contribution in [3.63, 3.8) is 0 Å². The Morgan fingerprint density at radius 1 is 1.03 bits per heavy atom. The van der Waals surface area contributed by atoms with Crippen LogP contribution in [0.1, 0.15) is 48.0 Å². The van der Waals surface area contributed by atoms with Crippen LogP contribution in [-0.4, -0.2) is 52.3 Å². The van der Waals surface area contributed by atoms with Crippen LogP contribution in [0.3, 0.4) is 0 Å². The topological polar surface area (TPSA) is 53.5 Å². The third-order valence-electron chi connectivity index (χ3n) is 7.07. The third-order valence-corrected chi connectivity index (χ3v) is 7.07. The molecule has 1 aromatic heterocycles. The molecule has 29 heavy (non-hydrogen) atoms. The minimum Gasteiger partial charge on any atom is -0.342 e. The average molecular weight is 389 g/mol. The van der Waals surface area contributed by atoms with E-state index < -0.39 is 0 Å². The van der Waals surface area contributed by atoms with Crippen LogP contribution >= 0.6 is 0 Å². The second-order valence-corrected chi connectivity index (χ2v) is 8.76. The summed E-state index contributed by atoms with van der Waals surface area (Å²) in [6, 6.07) is 14.0. The van der Waals surface area contributed by atoms with Crippen molar-refractivity contribution in [2.75, 3.05) is 19.6 Å². The molecule has 3 heterocycles. The van der Waals surface area contributed by atoms with Gasteiger partial charge in [-0.2, -0.15) is 0 Å². The summed E-state index contributed by atoms with van der Waals surface area (Å²) >= 11 is 0. The fourth-order valence-electron chi connectivity index (χ4n) is 5.25. The molecule has 2 aliphatic heterocycles. The highest BCUT2D eigenvalue weighted by Crippen LogP contribution is 2.47. The SMILES string of the molecule is O=C1C[C@H]2N(C(=O)c3ccncc3)CC[C@@]2(c2ccccc2)CCN1CC1CC1. The van der Waals surface area contributed by atoms with Gasteiger partial charge in [0.2, 0.25) is 5.91 Å². The Labute approximate surface area is 171 Å². The van der Waals surface area contributed by atoms with Gasteiger partial charge in [0.05, 0.1) is 6.04 Å². The zero-order valence-corrected chi connectivity index (χ0v) is 16.7. The molecule has 2 amide bonds. The molecular weight excluding hydrogens is 362 g/mol. The van der Waals surface area contributed by atoms with E-state index in [2.05, 4.69) is 34.1 Å². The molecule has 2 atom stereocenters. The predicted octanol–water partition coefficient (Wildman–Crippen LogP) is 3.27. The van der Waals surface area contributed by atoms with Gasteiger partial charge in [0.15, 0.2) is 0 Å². The number of carbonyl (C=O) groups excluding carboxylic acids is 2. The number of benzene rings is 1. The molecule has 2 aromatic rings. The molecule has 1 aliphatic carbocycles. The van der Waals surface area contributed by atoms with E-state index in [-0.39, 0.29) is 23.3 Å². The summed E-state index contributed by atoms with van der Waals surface area (Å²) in [7, 11) is 0. The largest absolute Gasteiger partial charge is 0.342 e. The molecule has 0 bridgehead atoms. The monoisotopic (exact) mass is 389 g/mol. The second-order valence-electron chi connectivity index (χ2n) is 8.76. The van der Waals surface area contributed by atoms with Gasteiger partial charge >= 0.3 is 0 Å². The van der Waals surface area contributed by atoms with Gasteiger partial charge in [-0.3, -0.25) is 14.6 Å². The summed E-state index contributed by atoms with van der Waals surface area (Å²) < 4.78 is 0. The zero-order valence-electron chi connectivity index (χ0n) is 16.7. The lowest BCUT2D eigenvalue weighted by atomic mass is 9.71. The van der Waals surface area contributed by atoms with Crippen molar-refractivity contribution in [1.29, 1.82) is 0 Å². The van der Waals surface area contributed by atoms with Crippen LogP contribution in [0.5, 0.6) is 0 Å². The average Bonchev–Trinajstić information content (AvgIpc) is 3.54. The lowest BCUT2D eigenvalue weighted by Crippen LogP contribution is -2.45. The van der Waals surface area contributed by atoms with Gasteiger partial charge in [-0.05, 0) is 49.3 Å². The number of hydrogen-bond donors (Lipinski definition) is 0. The van der Waals surface area contributed by atoms with E-state index in [4.69, 9.17) is 0 Å². The number of amides is 2.